The van der Waals surface area contributed by atoms with Crippen molar-refractivity contribution in [3.05, 3.63) is 41.5 Å². The van der Waals surface area contributed by atoms with Crippen LogP contribution in [0.15, 0.2) is 28.8 Å². The molecule has 1 aromatic heterocycles. The number of nitrogen functional groups attached to an aromatic ring is 1. The summed E-state index contributed by atoms with van der Waals surface area (Å²) in [5.41, 5.74) is 7.16. The molecule has 0 atom stereocenters. The van der Waals surface area contributed by atoms with Crippen molar-refractivity contribution < 1.29 is 8.91 Å². The van der Waals surface area contributed by atoms with Crippen LogP contribution < -0.4 is 10.6 Å². The number of hydrogen-bond donors (Lipinski definition) is 1. The Labute approximate surface area is 98.8 Å². The molecule has 0 amide bonds. The molecule has 4 nitrogen and oxygen atoms in total. The van der Waals surface area contributed by atoms with Gasteiger partial charge in [-0.2, -0.15) is 0 Å². The Morgan fingerprint density at radius 3 is 2.76 bits per heavy atom. The molecule has 2 N–H and O–H groups in total. The van der Waals surface area contributed by atoms with Crippen molar-refractivity contribution in [2.24, 2.45) is 0 Å². The summed E-state index contributed by atoms with van der Waals surface area (Å²) in [6.07, 6.45) is 0. The SMILES string of the molecule is Cc1cc(CN(C)c2ccc(N)cc2F)no1. The second-order valence-corrected chi connectivity index (χ2v) is 4.00. The summed E-state index contributed by atoms with van der Waals surface area (Å²) in [6, 6.07) is 6.45. The van der Waals surface area contributed by atoms with Gasteiger partial charge in [0.15, 0.2) is 0 Å². The molecule has 1 aromatic carbocycles. The fourth-order valence-electron chi connectivity index (χ4n) is 1.65. The number of rotatable bonds is 3. The first-order valence-electron chi connectivity index (χ1n) is 5.24. The van der Waals surface area contributed by atoms with Gasteiger partial charge in [-0.25, -0.2) is 4.39 Å². The highest BCUT2D eigenvalue weighted by Gasteiger charge is 2.10. The van der Waals surface area contributed by atoms with Gasteiger partial charge in [-0.15, -0.1) is 0 Å². The van der Waals surface area contributed by atoms with E-state index in [0.29, 0.717) is 17.9 Å². The summed E-state index contributed by atoms with van der Waals surface area (Å²) < 4.78 is 18.6. The van der Waals surface area contributed by atoms with E-state index in [1.54, 1.807) is 24.1 Å². The molecule has 0 aliphatic rings. The highest BCUT2D eigenvalue weighted by atomic mass is 19.1. The number of nitrogens with two attached hydrogens (primary N) is 1. The molecule has 1 heterocycles. The largest absolute Gasteiger partial charge is 0.399 e. The average molecular weight is 235 g/mol. The van der Waals surface area contributed by atoms with Crippen molar-refractivity contribution in [2.75, 3.05) is 17.7 Å². The quantitative estimate of drug-likeness (QED) is 0.829. The van der Waals surface area contributed by atoms with Crippen molar-refractivity contribution in [3.8, 4) is 0 Å². The number of hydrogen-bond acceptors (Lipinski definition) is 4. The Morgan fingerprint density at radius 1 is 1.41 bits per heavy atom. The maximum absolute atomic E-state index is 13.6. The number of aromatic nitrogens is 1. The zero-order chi connectivity index (χ0) is 12.4. The summed E-state index contributed by atoms with van der Waals surface area (Å²) in [5.74, 6) is 0.402. The van der Waals surface area contributed by atoms with Crippen LogP contribution in [0.25, 0.3) is 0 Å². The van der Waals surface area contributed by atoms with E-state index in [4.69, 9.17) is 10.3 Å². The molecule has 0 saturated heterocycles. The number of nitrogens with zero attached hydrogens (tertiary/aromatic N) is 2. The lowest BCUT2D eigenvalue weighted by molar-refractivity contribution is 0.390. The van der Waals surface area contributed by atoms with Crippen LogP contribution in [-0.4, -0.2) is 12.2 Å². The second-order valence-electron chi connectivity index (χ2n) is 4.00. The molecule has 0 spiro atoms. The fourth-order valence-corrected chi connectivity index (χ4v) is 1.65. The lowest BCUT2D eigenvalue weighted by atomic mass is 10.2. The van der Waals surface area contributed by atoms with Crippen LogP contribution >= 0.6 is 0 Å². The molecule has 2 aromatic rings. The Balaban J connectivity index is 2.17. The molecule has 17 heavy (non-hydrogen) atoms. The Bertz CT molecular complexity index is 524. The first kappa shape index (κ1) is 11.4. The predicted molar refractivity (Wildman–Crippen MR) is 64.2 cm³/mol. The van der Waals surface area contributed by atoms with Crippen LogP contribution in [0, 0.1) is 12.7 Å². The van der Waals surface area contributed by atoms with E-state index >= 15 is 0 Å². The van der Waals surface area contributed by atoms with Gasteiger partial charge in [-0.3, -0.25) is 0 Å². The van der Waals surface area contributed by atoms with Crippen LogP contribution in [0.2, 0.25) is 0 Å². The zero-order valence-corrected chi connectivity index (χ0v) is 9.77. The number of benzene rings is 1. The van der Waals surface area contributed by atoms with Gasteiger partial charge in [0.05, 0.1) is 12.2 Å². The number of aryl methyl sites for hydroxylation is 1. The molecule has 90 valence electrons. The van der Waals surface area contributed by atoms with Gasteiger partial charge in [-0.05, 0) is 25.1 Å². The van der Waals surface area contributed by atoms with Crippen LogP contribution in [0.5, 0.6) is 0 Å². The van der Waals surface area contributed by atoms with Crippen molar-refractivity contribution in [3.63, 3.8) is 0 Å². The summed E-state index contributed by atoms with van der Waals surface area (Å²) in [6.45, 7) is 2.30. The van der Waals surface area contributed by atoms with Gasteiger partial charge in [0, 0.05) is 18.8 Å². The topological polar surface area (TPSA) is 55.3 Å². The highest BCUT2D eigenvalue weighted by molar-refractivity contribution is 5.54. The normalized spacial score (nSPS) is 10.5. The molecule has 0 aliphatic heterocycles. The minimum Gasteiger partial charge on any atom is -0.399 e. The first-order chi connectivity index (χ1) is 8.06. The molecule has 0 bridgehead atoms. The molecule has 0 unspecified atom stereocenters. The van der Waals surface area contributed by atoms with Crippen molar-refractivity contribution in [2.45, 2.75) is 13.5 Å². The summed E-state index contributed by atoms with van der Waals surface area (Å²) in [7, 11) is 1.79. The van der Waals surface area contributed by atoms with Crippen molar-refractivity contribution in [1.29, 1.82) is 0 Å². The molecule has 0 saturated carbocycles. The molecular formula is C12H14FN3O. The van der Waals surface area contributed by atoms with E-state index in [1.807, 2.05) is 13.0 Å². The van der Waals surface area contributed by atoms with Gasteiger partial charge >= 0.3 is 0 Å². The lowest BCUT2D eigenvalue weighted by Gasteiger charge is -2.18. The van der Waals surface area contributed by atoms with E-state index in [0.717, 1.165) is 11.5 Å². The first-order valence-corrected chi connectivity index (χ1v) is 5.24. The van der Waals surface area contributed by atoms with E-state index in [2.05, 4.69) is 5.16 Å². The summed E-state index contributed by atoms with van der Waals surface area (Å²) in [5, 5.41) is 3.86. The number of anilines is 2. The van der Waals surface area contributed by atoms with Gasteiger partial charge in [0.1, 0.15) is 17.3 Å². The van der Waals surface area contributed by atoms with Crippen LogP contribution in [0.3, 0.4) is 0 Å². The molecule has 5 heteroatoms. The zero-order valence-electron chi connectivity index (χ0n) is 9.77. The smallest absolute Gasteiger partial charge is 0.148 e. The van der Waals surface area contributed by atoms with Crippen LogP contribution in [-0.2, 0) is 6.54 Å². The maximum atomic E-state index is 13.6. The minimum atomic E-state index is -0.340. The van der Waals surface area contributed by atoms with Crippen LogP contribution in [0.4, 0.5) is 15.8 Å². The number of halogens is 1. The van der Waals surface area contributed by atoms with Gasteiger partial charge < -0.3 is 15.2 Å². The van der Waals surface area contributed by atoms with Gasteiger partial charge in [-0.1, -0.05) is 5.16 Å². The summed E-state index contributed by atoms with van der Waals surface area (Å²) >= 11 is 0. The van der Waals surface area contributed by atoms with E-state index < -0.39 is 0 Å². The third-order valence-electron chi connectivity index (χ3n) is 2.46. The predicted octanol–water partition coefficient (Wildman–Crippen LogP) is 2.34. The van der Waals surface area contributed by atoms with E-state index in [-0.39, 0.29) is 5.82 Å². The Hall–Kier alpha value is -2.04. The summed E-state index contributed by atoms with van der Waals surface area (Å²) in [4.78, 5) is 1.76. The second kappa shape index (κ2) is 4.45. The Morgan fingerprint density at radius 2 is 2.18 bits per heavy atom. The van der Waals surface area contributed by atoms with Gasteiger partial charge in [0.2, 0.25) is 0 Å². The standard InChI is InChI=1S/C12H14FN3O/c1-8-5-10(15-17-8)7-16(2)12-4-3-9(14)6-11(12)13/h3-6H,7,14H2,1-2H3. The van der Waals surface area contributed by atoms with E-state index in [1.165, 1.54) is 6.07 Å². The highest BCUT2D eigenvalue weighted by Crippen LogP contribution is 2.21. The molecule has 0 radical (unpaired) electrons. The monoisotopic (exact) mass is 235 g/mol. The van der Waals surface area contributed by atoms with Crippen molar-refractivity contribution in [1.82, 2.24) is 5.16 Å². The Kier molecular flexibility index (Phi) is 2.99. The molecule has 0 aliphatic carbocycles. The van der Waals surface area contributed by atoms with Crippen LogP contribution in [0.1, 0.15) is 11.5 Å². The lowest BCUT2D eigenvalue weighted by Crippen LogP contribution is -2.18. The molecule has 2 rings (SSSR count). The molecule has 0 fully saturated rings. The van der Waals surface area contributed by atoms with Crippen molar-refractivity contribution >= 4 is 11.4 Å². The van der Waals surface area contributed by atoms with Gasteiger partial charge in [0.25, 0.3) is 0 Å². The third kappa shape index (κ3) is 2.55. The van der Waals surface area contributed by atoms with E-state index in [9.17, 15) is 4.39 Å². The third-order valence-corrected chi connectivity index (χ3v) is 2.46. The minimum absolute atomic E-state index is 0.340. The molecular weight excluding hydrogens is 221 g/mol. The average Bonchev–Trinajstić information content (AvgIpc) is 2.63. The maximum Gasteiger partial charge on any atom is 0.148 e. The fraction of sp³-hybridized carbons (Fsp3) is 0.250.